The van der Waals surface area contributed by atoms with Crippen molar-refractivity contribution in [1.82, 2.24) is 0 Å². The number of ether oxygens (including phenoxy) is 1. The van der Waals surface area contributed by atoms with Gasteiger partial charge < -0.3 is 9.84 Å². The van der Waals surface area contributed by atoms with Crippen molar-refractivity contribution in [2.75, 3.05) is 0 Å². The molecule has 62 valence electrons. The van der Waals surface area contributed by atoms with Crippen LogP contribution in [0.15, 0.2) is 18.2 Å². The molecule has 12 heavy (non-hydrogen) atoms. The van der Waals surface area contributed by atoms with Crippen molar-refractivity contribution < 1.29 is 14.6 Å². The molecule has 0 aromatic heterocycles. The van der Waals surface area contributed by atoms with Gasteiger partial charge in [-0.05, 0) is 13.0 Å². The topological polar surface area (TPSA) is 46.5 Å². The third kappa shape index (κ3) is 0.905. The van der Waals surface area contributed by atoms with E-state index in [9.17, 15) is 9.90 Å². The zero-order valence-corrected chi connectivity index (χ0v) is 6.57. The van der Waals surface area contributed by atoms with E-state index < -0.39 is 12.3 Å². The lowest BCUT2D eigenvalue weighted by Gasteiger charge is -1.99. The normalized spacial score (nSPS) is 20.5. The van der Waals surface area contributed by atoms with Gasteiger partial charge in [0.2, 0.25) is 6.29 Å². The predicted molar refractivity (Wildman–Crippen MR) is 41.6 cm³/mol. The Labute approximate surface area is 69.6 Å². The lowest BCUT2D eigenvalue weighted by Crippen LogP contribution is -1.95. The van der Waals surface area contributed by atoms with Crippen molar-refractivity contribution in [3.05, 3.63) is 34.9 Å². The molecule has 1 aromatic rings. The third-order valence-electron chi connectivity index (χ3n) is 1.91. The number of aryl methyl sites for hydroxylation is 1. The van der Waals surface area contributed by atoms with Gasteiger partial charge in [-0.3, -0.25) is 0 Å². The number of benzene rings is 1. The van der Waals surface area contributed by atoms with Crippen LogP contribution in [0.2, 0.25) is 0 Å². The van der Waals surface area contributed by atoms with Gasteiger partial charge in [-0.2, -0.15) is 0 Å². The molecular formula is C9H8O3. The van der Waals surface area contributed by atoms with E-state index in [1.165, 1.54) is 0 Å². The van der Waals surface area contributed by atoms with E-state index in [-0.39, 0.29) is 0 Å². The second kappa shape index (κ2) is 2.32. The van der Waals surface area contributed by atoms with Crippen LogP contribution in [-0.2, 0) is 4.74 Å². The number of cyclic esters (lactones) is 1. The maximum atomic E-state index is 11.0. The highest BCUT2D eigenvalue weighted by atomic mass is 16.6. The van der Waals surface area contributed by atoms with Crippen LogP contribution < -0.4 is 0 Å². The number of carbonyl (C=O) groups excluding carboxylic acids is 1. The molecule has 0 fully saturated rings. The number of aliphatic hydroxyl groups excluding tert-OH is 1. The first-order chi connectivity index (χ1) is 5.68. The minimum absolute atomic E-state index is 0.443. The van der Waals surface area contributed by atoms with Gasteiger partial charge in [0, 0.05) is 5.56 Å². The van der Waals surface area contributed by atoms with E-state index in [0.717, 1.165) is 5.56 Å². The lowest BCUT2D eigenvalue weighted by atomic mass is 10.1. The highest BCUT2D eigenvalue weighted by Gasteiger charge is 2.28. The molecule has 1 atom stereocenters. The molecule has 0 radical (unpaired) electrons. The van der Waals surface area contributed by atoms with Crippen LogP contribution in [-0.4, -0.2) is 11.1 Å². The monoisotopic (exact) mass is 164 g/mol. The van der Waals surface area contributed by atoms with Gasteiger partial charge in [0.1, 0.15) is 0 Å². The van der Waals surface area contributed by atoms with E-state index in [1.807, 2.05) is 13.0 Å². The van der Waals surface area contributed by atoms with Gasteiger partial charge >= 0.3 is 5.97 Å². The van der Waals surface area contributed by atoms with Gasteiger partial charge in [-0.25, -0.2) is 4.79 Å². The molecule has 1 aliphatic heterocycles. The Hall–Kier alpha value is -1.35. The fraction of sp³-hybridized carbons (Fsp3) is 0.222. The van der Waals surface area contributed by atoms with Crippen LogP contribution in [0, 0.1) is 6.92 Å². The van der Waals surface area contributed by atoms with Crippen molar-refractivity contribution in [2.24, 2.45) is 0 Å². The molecule has 3 nitrogen and oxygen atoms in total. The summed E-state index contributed by atoms with van der Waals surface area (Å²) in [6.45, 7) is 1.89. The Morgan fingerprint density at radius 3 is 3.00 bits per heavy atom. The van der Waals surface area contributed by atoms with E-state index in [0.29, 0.717) is 11.1 Å². The maximum absolute atomic E-state index is 11.0. The molecule has 0 spiro atoms. The number of hydrogen-bond donors (Lipinski definition) is 1. The highest BCUT2D eigenvalue weighted by molar-refractivity contribution is 5.93. The number of aliphatic hydroxyl groups is 1. The number of esters is 1. The fourth-order valence-corrected chi connectivity index (χ4v) is 1.29. The van der Waals surface area contributed by atoms with Gasteiger partial charge in [0.05, 0.1) is 5.56 Å². The van der Waals surface area contributed by atoms with E-state index >= 15 is 0 Å². The third-order valence-corrected chi connectivity index (χ3v) is 1.91. The number of carbonyl (C=O) groups is 1. The zero-order chi connectivity index (χ0) is 8.72. The molecule has 1 unspecified atom stereocenters. The number of fused-ring (bicyclic) bond motifs is 1. The smallest absolute Gasteiger partial charge is 0.341 e. The van der Waals surface area contributed by atoms with Crippen molar-refractivity contribution >= 4 is 5.97 Å². The summed E-state index contributed by atoms with van der Waals surface area (Å²) >= 11 is 0. The minimum atomic E-state index is -1.08. The molecular weight excluding hydrogens is 156 g/mol. The van der Waals surface area contributed by atoms with E-state index in [1.54, 1.807) is 12.1 Å². The van der Waals surface area contributed by atoms with Crippen molar-refractivity contribution in [2.45, 2.75) is 13.2 Å². The molecule has 0 saturated heterocycles. The largest absolute Gasteiger partial charge is 0.428 e. The predicted octanol–water partition coefficient (Wildman–Crippen LogP) is 1.16. The first-order valence-corrected chi connectivity index (χ1v) is 3.68. The summed E-state index contributed by atoms with van der Waals surface area (Å²) in [6.07, 6.45) is -1.08. The molecule has 1 heterocycles. The van der Waals surface area contributed by atoms with E-state index in [4.69, 9.17) is 0 Å². The Morgan fingerprint density at radius 1 is 1.50 bits per heavy atom. The number of hydrogen-bond acceptors (Lipinski definition) is 3. The van der Waals surface area contributed by atoms with Crippen LogP contribution in [0.25, 0.3) is 0 Å². The second-order valence-electron chi connectivity index (χ2n) is 2.85. The van der Waals surface area contributed by atoms with Gasteiger partial charge in [-0.1, -0.05) is 17.7 Å². The Balaban J connectivity index is 2.60. The lowest BCUT2D eigenvalue weighted by molar-refractivity contribution is -0.0547. The van der Waals surface area contributed by atoms with E-state index in [2.05, 4.69) is 4.74 Å². The first-order valence-electron chi connectivity index (χ1n) is 3.68. The molecule has 3 heteroatoms. The summed E-state index contributed by atoms with van der Waals surface area (Å²) in [5.41, 5.74) is 2.02. The van der Waals surface area contributed by atoms with Crippen LogP contribution in [0.1, 0.15) is 27.8 Å². The Bertz CT molecular complexity index is 344. The zero-order valence-electron chi connectivity index (χ0n) is 6.57. The van der Waals surface area contributed by atoms with Crippen molar-refractivity contribution in [3.8, 4) is 0 Å². The summed E-state index contributed by atoms with van der Waals surface area (Å²) in [4.78, 5) is 11.0. The summed E-state index contributed by atoms with van der Waals surface area (Å²) in [7, 11) is 0. The molecule has 2 rings (SSSR count). The minimum Gasteiger partial charge on any atom is -0.428 e. The molecule has 1 aliphatic rings. The average Bonchev–Trinajstić information content (AvgIpc) is 2.28. The molecule has 0 aliphatic carbocycles. The molecule has 0 bridgehead atoms. The summed E-state index contributed by atoms with van der Waals surface area (Å²) in [5.74, 6) is -0.443. The highest BCUT2D eigenvalue weighted by Crippen LogP contribution is 2.28. The molecule has 0 saturated carbocycles. The van der Waals surface area contributed by atoms with Gasteiger partial charge in [0.25, 0.3) is 0 Å². The first kappa shape index (κ1) is 7.31. The fourth-order valence-electron chi connectivity index (χ4n) is 1.29. The summed E-state index contributed by atoms with van der Waals surface area (Å²) in [5, 5.41) is 9.20. The Kier molecular flexibility index (Phi) is 1.41. The standard InChI is InChI=1S/C9H8O3/c1-5-2-3-6-7(4-5)9(11)12-8(6)10/h2-4,8,10H,1H3. The van der Waals surface area contributed by atoms with Crippen molar-refractivity contribution in [1.29, 1.82) is 0 Å². The van der Waals surface area contributed by atoms with Gasteiger partial charge in [0.15, 0.2) is 0 Å². The van der Waals surface area contributed by atoms with Crippen LogP contribution in [0.3, 0.4) is 0 Å². The van der Waals surface area contributed by atoms with Crippen LogP contribution in [0.4, 0.5) is 0 Å². The van der Waals surface area contributed by atoms with Crippen LogP contribution >= 0.6 is 0 Å². The van der Waals surface area contributed by atoms with Crippen molar-refractivity contribution in [3.63, 3.8) is 0 Å². The molecule has 0 amide bonds. The molecule has 1 aromatic carbocycles. The maximum Gasteiger partial charge on any atom is 0.341 e. The SMILES string of the molecule is Cc1ccc2c(c1)C(=O)OC2O. The Morgan fingerprint density at radius 2 is 2.25 bits per heavy atom. The quantitative estimate of drug-likeness (QED) is 0.585. The second-order valence-corrected chi connectivity index (χ2v) is 2.85. The summed E-state index contributed by atoms with van der Waals surface area (Å²) < 4.78 is 4.60. The molecule has 1 N–H and O–H groups in total. The average molecular weight is 164 g/mol. The summed E-state index contributed by atoms with van der Waals surface area (Å²) in [6, 6.07) is 5.26. The number of rotatable bonds is 0. The van der Waals surface area contributed by atoms with Crippen LogP contribution in [0.5, 0.6) is 0 Å². The van der Waals surface area contributed by atoms with Gasteiger partial charge in [-0.15, -0.1) is 0 Å².